The Morgan fingerprint density at radius 2 is 1.89 bits per heavy atom. The van der Waals surface area contributed by atoms with Crippen LogP contribution in [0.2, 0.25) is 0 Å². The summed E-state index contributed by atoms with van der Waals surface area (Å²) in [5.74, 6) is 2.11. The van der Waals surface area contributed by atoms with Gasteiger partial charge in [-0.3, -0.25) is 0 Å². The summed E-state index contributed by atoms with van der Waals surface area (Å²) < 4.78 is 16.1. The zero-order valence-corrected chi connectivity index (χ0v) is 10.1. The summed E-state index contributed by atoms with van der Waals surface area (Å²) in [5, 5.41) is 0. The SMILES string of the molecule is COc1cc2c(cc1-c1cc(C)ncn1)OCO2. The fourth-order valence-electron chi connectivity index (χ4n) is 1.89. The van der Waals surface area contributed by atoms with Crippen LogP contribution >= 0.6 is 0 Å². The van der Waals surface area contributed by atoms with E-state index in [0.717, 1.165) is 17.0 Å². The lowest BCUT2D eigenvalue weighted by molar-refractivity contribution is 0.174. The van der Waals surface area contributed by atoms with Crippen molar-refractivity contribution < 1.29 is 14.2 Å². The van der Waals surface area contributed by atoms with Crippen molar-refractivity contribution in [1.29, 1.82) is 0 Å². The third-order valence-electron chi connectivity index (χ3n) is 2.77. The predicted molar refractivity (Wildman–Crippen MR) is 64.9 cm³/mol. The van der Waals surface area contributed by atoms with Gasteiger partial charge in [-0.1, -0.05) is 0 Å². The first-order chi connectivity index (χ1) is 8.78. The lowest BCUT2D eigenvalue weighted by Gasteiger charge is -2.09. The summed E-state index contributed by atoms with van der Waals surface area (Å²) in [7, 11) is 1.62. The van der Waals surface area contributed by atoms with Gasteiger partial charge < -0.3 is 14.2 Å². The lowest BCUT2D eigenvalue weighted by Crippen LogP contribution is -1.93. The van der Waals surface area contributed by atoms with E-state index < -0.39 is 0 Å². The highest BCUT2D eigenvalue weighted by atomic mass is 16.7. The Kier molecular flexibility index (Phi) is 2.51. The minimum absolute atomic E-state index is 0.241. The Morgan fingerprint density at radius 1 is 1.11 bits per heavy atom. The van der Waals surface area contributed by atoms with Crippen molar-refractivity contribution in [1.82, 2.24) is 9.97 Å². The summed E-state index contributed by atoms with van der Waals surface area (Å²) in [6, 6.07) is 5.60. The summed E-state index contributed by atoms with van der Waals surface area (Å²) in [6.45, 7) is 2.16. The van der Waals surface area contributed by atoms with Crippen molar-refractivity contribution in [3.8, 4) is 28.5 Å². The van der Waals surface area contributed by atoms with Crippen LogP contribution in [0.25, 0.3) is 11.3 Å². The van der Waals surface area contributed by atoms with Gasteiger partial charge in [0, 0.05) is 17.3 Å². The number of hydrogen-bond donors (Lipinski definition) is 0. The van der Waals surface area contributed by atoms with E-state index in [1.165, 1.54) is 6.33 Å². The molecule has 1 aliphatic heterocycles. The minimum Gasteiger partial charge on any atom is -0.496 e. The van der Waals surface area contributed by atoms with Crippen LogP contribution < -0.4 is 14.2 Å². The van der Waals surface area contributed by atoms with Gasteiger partial charge in [-0.25, -0.2) is 9.97 Å². The minimum atomic E-state index is 0.241. The van der Waals surface area contributed by atoms with E-state index in [9.17, 15) is 0 Å². The van der Waals surface area contributed by atoms with E-state index in [4.69, 9.17) is 14.2 Å². The molecule has 0 N–H and O–H groups in total. The van der Waals surface area contributed by atoms with Crippen molar-refractivity contribution in [2.75, 3.05) is 13.9 Å². The van der Waals surface area contributed by atoms with Crippen LogP contribution in [0.15, 0.2) is 24.5 Å². The molecule has 0 saturated carbocycles. The number of methoxy groups -OCH3 is 1. The van der Waals surface area contributed by atoms with E-state index in [1.807, 2.05) is 25.1 Å². The van der Waals surface area contributed by atoms with Gasteiger partial charge in [0.1, 0.15) is 12.1 Å². The average Bonchev–Trinajstić information content (AvgIpc) is 2.84. The summed E-state index contributed by atoms with van der Waals surface area (Å²) in [4.78, 5) is 8.34. The Bertz CT molecular complexity index is 599. The Hall–Kier alpha value is -2.30. The predicted octanol–water partition coefficient (Wildman–Crippen LogP) is 2.19. The Balaban J connectivity index is 2.16. The van der Waals surface area contributed by atoms with Gasteiger partial charge in [-0.05, 0) is 19.1 Å². The summed E-state index contributed by atoms with van der Waals surface area (Å²) in [6.07, 6.45) is 1.54. The molecule has 1 aromatic heterocycles. The molecule has 2 aromatic rings. The number of rotatable bonds is 2. The van der Waals surface area contributed by atoms with Crippen molar-refractivity contribution in [2.45, 2.75) is 6.92 Å². The zero-order valence-electron chi connectivity index (χ0n) is 10.1. The van der Waals surface area contributed by atoms with E-state index in [1.54, 1.807) is 7.11 Å². The van der Waals surface area contributed by atoms with Crippen LogP contribution in [-0.2, 0) is 0 Å². The van der Waals surface area contributed by atoms with E-state index in [0.29, 0.717) is 17.2 Å². The first-order valence-electron chi connectivity index (χ1n) is 5.54. The molecular formula is C13H12N2O3. The second-order valence-electron chi connectivity index (χ2n) is 3.95. The number of benzene rings is 1. The highest BCUT2D eigenvalue weighted by molar-refractivity contribution is 5.72. The van der Waals surface area contributed by atoms with Gasteiger partial charge in [0.15, 0.2) is 11.5 Å². The van der Waals surface area contributed by atoms with Crippen LogP contribution in [0.1, 0.15) is 5.69 Å². The molecule has 0 saturated heterocycles. The van der Waals surface area contributed by atoms with Gasteiger partial charge in [-0.15, -0.1) is 0 Å². The quantitative estimate of drug-likeness (QED) is 0.810. The van der Waals surface area contributed by atoms with E-state index >= 15 is 0 Å². The molecule has 5 heteroatoms. The molecule has 0 fully saturated rings. The molecular weight excluding hydrogens is 232 g/mol. The van der Waals surface area contributed by atoms with Gasteiger partial charge in [0.2, 0.25) is 6.79 Å². The molecule has 0 unspecified atom stereocenters. The Labute approximate surface area is 104 Å². The van der Waals surface area contributed by atoms with Crippen molar-refractivity contribution in [2.24, 2.45) is 0 Å². The number of aromatic nitrogens is 2. The second kappa shape index (κ2) is 4.18. The second-order valence-corrected chi connectivity index (χ2v) is 3.95. The van der Waals surface area contributed by atoms with Crippen LogP contribution in [0.3, 0.4) is 0 Å². The maximum Gasteiger partial charge on any atom is 0.231 e. The highest BCUT2D eigenvalue weighted by Gasteiger charge is 2.19. The van der Waals surface area contributed by atoms with Crippen molar-refractivity contribution >= 4 is 0 Å². The molecule has 92 valence electrons. The Morgan fingerprint density at radius 3 is 2.61 bits per heavy atom. The third-order valence-corrected chi connectivity index (χ3v) is 2.77. The topological polar surface area (TPSA) is 53.5 Å². The van der Waals surface area contributed by atoms with Gasteiger partial charge in [0.05, 0.1) is 12.8 Å². The molecule has 0 radical (unpaired) electrons. The molecule has 1 aromatic carbocycles. The first-order valence-corrected chi connectivity index (χ1v) is 5.54. The van der Waals surface area contributed by atoms with Gasteiger partial charge in [-0.2, -0.15) is 0 Å². The molecule has 0 spiro atoms. The highest BCUT2D eigenvalue weighted by Crippen LogP contribution is 2.41. The standard InChI is InChI=1S/C13H12N2O3/c1-8-3-10(15-6-14-8)9-4-12-13(18-7-17-12)5-11(9)16-2/h3-6H,7H2,1-2H3. The van der Waals surface area contributed by atoms with Crippen molar-refractivity contribution in [3.05, 3.63) is 30.2 Å². The van der Waals surface area contributed by atoms with Crippen LogP contribution in [0, 0.1) is 6.92 Å². The normalized spacial score (nSPS) is 12.6. The van der Waals surface area contributed by atoms with Crippen LogP contribution in [-0.4, -0.2) is 23.9 Å². The monoisotopic (exact) mass is 244 g/mol. The summed E-state index contributed by atoms with van der Waals surface area (Å²) in [5.41, 5.74) is 2.57. The van der Waals surface area contributed by atoms with Crippen LogP contribution in [0.4, 0.5) is 0 Å². The fourth-order valence-corrected chi connectivity index (χ4v) is 1.89. The largest absolute Gasteiger partial charge is 0.496 e. The number of nitrogens with zero attached hydrogens (tertiary/aromatic N) is 2. The molecule has 3 rings (SSSR count). The number of aryl methyl sites for hydroxylation is 1. The molecule has 18 heavy (non-hydrogen) atoms. The third kappa shape index (κ3) is 1.73. The molecule has 5 nitrogen and oxygen atoms in total. The number of fused-ring (bicyclic) bond motifs is 1. The molecule has 0 amide bonds. The molecule has 1 aliphatic rings. The van der Waals surface area contributed by atoms with E-state index in [2.05, 4.69) is 9.97 Å². The fraction of sp³-hybridized carbons (Fsp3) is 0.231. The zero-order chi connectivity index (χ0) is 12.5. The van der Waals surface area contributed by atoms with E-state index in [-0.39, 0.29) is 6.79 Å². The van der Waals surface area contributed by atoms with Gasteiger partial charge >= 0.3 is 0 Å². The smallest absolute Gasteiger partial charge is 0.231 e. The maximum atomic E-state index is 5.37. The molecule has 0 atom stereocenters. The first kappa shape index (κ1) is 10.8. The molecule has 0 aliphatic carbocycles. The summed E-state index contributed by atoms with van der Waals surface area (Å²) >= 11 is 0. The molecule has 2 heterocycles. The van der Waals surface area contributed by atoms with Crippen LogP contribution in [0.5, 0.6) is 17.2 Å². The maximum absolute atomic E-state index is 5.37. The average molecular weight is 244 g/mol. The lowest BCUT2D eigenvalue weighted by atomic mass is 10.1. The molecule has 0 bridgehead atoms. The van der Waals surface area contributed by atoms with Crippen molar-refractivity contribution in [3.63, 3.8) is 0 Å². The van der Waals surface area contributed by atoms with Gasteiger partial charge in [0.25, 0.3) is 0 Å². The number of hydrogen-bond acceptors (Lipinski definition) is 5. The number of ether oxygens (including phenoxy) is 3.